The number of carboxylic acid groups (broad SMARTS) is 1. The van der Waals surface area contributed by atoms with Gasteiger partial charge in [0.15, 0.2) is 11.0 Å². The first-order valence-corrected chi connectivity index (χ1v) is 6.19. The van der Waals surface area contributed by atoms with Crippen LogP contribution >= 0.6 is 11.6 Å². The summed E-state index contributed by atoms with van der Waals surface area (Å²) >= 11 is 6.10. The Morgan fingerprint density at radius 2 is 2.00 bits per heavy atom. The maximum absolute atomic E-state index is 10.8. The zero-order chi connectivity index (χ0) is 14.2. The number of halogens is 1. The lowest BCUT2D eigenvalue weighted by molar-refractivity contribution is -0.255. The van der Waals surface area contributed by atoms with Gasteiger partial charge in [0.2, 0.25) is 0 Å². The van der Waals surface area contributed by atoms with E-state index in [-0.39, 0.29) is 11.6 Å². The molecule has 1 aromatic carbocycles. The van der Waals surface area contributed by atoms with Crippen molar-refractivity contribution in [1.82, 2.24) is 9.97 Å². The van der Waals surface area contributed by atoms with Crippen LogP contribution in [0.4, 0.5) is 5.82 Å². The van der Waals surface area contributed by atoms with E-state index in [2.05, 4.69) is 9.97 Å². The van der Waals surface area contributed by atoms with Gasteiger partial charge in [-0.3, -0.25) is 0 Å². The summed E-state index contributed by atoms with van der Waals surface area (Å²) in [7, 11) is 1.86. The molecule has 2 rings (SSSR count). The zero-order valence-electron chi connectivity index (χ0n) is 10.8. The van der Waals surface area contributed by atoms with Crippen LogP contribution < -0.4 is 10.0 Å². The van der Waals surface area contributed by atoms with E-state index in [9.17, 15) is 9.90 Å². The van der Waals surface area contributed by atoms with Crippen molar-refractivity contribution in [1.29, 1.82) is 0 Å². The lowest BCUT2D eigenvalue weighted by Gasteiger charge is -2.23. The number of anilines is 1. The third kappa shape index (κ3) is 2.61. The largest absolute Gasteiger partial charge is 0.545 e. The highest BCUT2D eigenvalue weighted by Gasteiger charge is 2.14. The van der Waals surface area contributed by atoms with Crippen LogP contribution in [0.1, 0.15) is 24.2 Å². The van der Waals surface area contributed by atoms with Crippen molar-refractivity contribution in [3.05, 3.63) is 28.9 Å². The number of hydrogen-bond acceptors (Lipinski definition) is 5. The second-order valence-electron chi connectivity index (χ2n) is 4.53. The van der Waals surface area contributed by atoms with E-state index in [1.165, 1.54) is 12.1 Å². The number of nitrogens with zero attached hydrogens (tertiary/aromatic N) is 3. The van der Waals surface area contributed by atoms with Crippen molar-refractivity contribution in [2.24, 2.45) is 0 Å². The Hall–Kier alpha value is -1.88. The van der Waals surface area contributed by atoms with Crippen molar-refractivity contribution >= 4 is 34.4 Å². The van der Waals surface area contributed by atoms with Crippen molar-refractivity contribution in [3.8, 4) is 0 Å². The van der Waals surface area contributed by atoms with Gasteiger partial charge in [-0.05, 0) is 31.5 Å². The molecular weight excluding hydrogens is 266 g/mol. The minimum atomic E-state index is -1.24. The number of aromatic carboxylic acids is 1. The lowest BCUT2D eigenvalue weighted by atomic mass is 10.2. The summed E-state index contributed by atoms with van der Waals surface area (Å²) in [4.78, 5) is 21.3. The van der Waals surface area contributed by atoms with Crippen LogP contribution in [0.5, 0.6) is 0 Å². The van der Waals surface area contributed by atoms with Gasteiger partial charge in [-0.1, -0.05) is 17.7 Å². The number of carbonyl (C=O) groups excluding carboxylic acids is 1. The average Bonchev–Trinajstić information content (AvgIpc) is 2.36. The molecule has 6 heteroatoms. The molecule has 0 aliphatic rings. The van der Waals surface area contributed by atoms with Gasteiger partial charge in [-0.25, -0.2) is 9.97 Å². The van der Waals surface area contributed by atoms with Crippen LogP contribution in [0.15, 0.2) is 18.2 Å². The van der Waals surface area contributed by atoms with Crippen LogP contribution in [-0.2, 0) is 0 Å². The SMILES string of the molecule is CC(C)N(C)c1nc2cc(C(=O)[O-])ccc2nc1Cl. The van der Waals surface area contributed by atoms with Crippen molar-refractivity contribution < 1.29 is 9.90 Å². The molecule has 2 aromatic rings. The highest BCUT2D eigenvalue weighted by molar-refractivity contribution is 6.32. The van der Waals surface area contributed by atoms with E-state index in [0.29, 0.717) is 22.0 Å². The zero-order valence-corrected chi connectivity index (χ0v) is 11.6. The molecule has 0 spiro atoms. The van der Waals surface area contributed by atoms with Gasteiger partial charge < -0.3 is 14.8 Å². The summed E-state index contributed by atoms with van der Waals surface area (Å²) in [5.41, 5.74) is 1.10. The maximum Gasteiger partial charge on any atom is 0.172 e. The second-order valence-corrected chi connectivity index (χ2v) is 4.89. The quantitative estimate of drug-likeness (QED) is 0.851. The highest BCUT2D eigenvalue weighted by atomic mass is 35.5. The standard InChI is InChI=1S/C13H14ClN3O2/c1-7(2)17(3)12-11(14)15-9-5-4-8(13(18)19)6-10(9)16-12/h4-7H,1-3H3,(H,18,19)/p-1. The molecule has 0 atom stereocenters. The predicted octanol–water partition coefficient (Wildman–Crippen LogP) is 1.49. The number of hydrogen-bond donors (Lipinski definition) is 0. The Balaban J connectivity index is 2.61. The molecule has 5 nitrogen and oxygen atoms in total. The minimum Gasteiger partial charge on any atom is -0.545 e. The molecule has 0 unspecified atom stereocenters. The number of carboxylic acids is 1. The summed E-state index contributed by atoms with van der Waals surface area (Å²) in [6.45, 7) is 4.00. The van der Waals surface area contributed by atoms with Crippen molar-refractivity contribution in [2.75, 3.05) is 11.9 Å². The molecule has 0 N–H and O–H groups in total. The van der Waals surface area contributed by atoms with Gasteiger partial charge >= 0.3 is 0 Å². The summed E-state index contributed by atoms with van der Waals surface area (Å²) in [5, 5.41) is 11.1. The predicted molar refractivity (Wildman–Crippen MR) is 72.4 cm³/mol. The highest BCUT2D eigenvalue weighted by Crippen LogP contribution is 2.25. The normalized spacial score (nSPS) is 11.0. The van der Waals surface area contributed by atoms with Crippen molar-refractivity contribution in [3.63, 3.8) is 0 Å². The molecular formula is C13H13ClN3O2-. The molecule has 100 valence electrons. The maximum atomic E-state index is 10.8. The molecule has 0 aliphatic carbocycles. The molecule has 0 aliphatic heterocycles. The summed E-state index contributed by atoms with van der Waals surface area (Å²) in [5.74, 6) is -0.711. The summed E-state index contributed by atoms with van der Waals surface area (Å²) in [6, 6.07) is 4.63. The molecule has 0 radical (unpaired) electrons. The minimum absolute atomic E-state index is 0.0715. The number of benzene rings is 1. The molecule has 1 aromatic heterocycles. The third-order valence-electron chi connectivity index (χ3n) is 2.95. The summed E-state index contributed by atoms with van der Waals surface area (Å²) in [6.07, 6.45) is 0. The van der Waals surface area contributed by atoms with Gasteiger partial charge in [0.1, 0.15) is 0 Å². The van der Waals surface area contributed by atoms with Crippen LogP contribution in [0, 0.1) is 0 Å². The first kappa shape index (κ1) is 13.5. The van der Waals surface area contributed by atoms with Crippen LogP contribution in [-0.4, -0.2) is 29.0 Å². The molecule has 1 heterocycles. The van der Waals surface area contributed by atoms with Crippen molar-refractivity contribution in [2.45, 2.75) is 19.9 Å². The number of carbonyl (C=O) groups is 1. The second kappa shape index (κ2) is 5.01. The number of rotatable bonds is 3. The van der Waals surface area contributed by atoms with Crippen LogP contribution in [0.25, 0.3) is 11.0 Å². The number of aromatic nitrogens is 2. The van der Waals surface area contributed by atoms with Gasteiger partial charge in [0.05, 0.1) is 17.0 Å². The first-order valence-electron chi connectivity index (χ1n) is 5.81. The van der Waals surface area contributed by atoms with E-state index in [4.69, 9.17) is 11.6 Å². The van der Waals surface area contributed by atoms with Gasteiger partial charge in [-0.15, -0.1) is 0 Å². The Morgan fingerprint density at radius 3 is 2.58 bits per heavy atom. The Morgan fingerprint density at radius 1 is 1.32 bits per heavy atom. The third-order valence-corrected chi connectivity index (χ3v) is 3.20. The first-order chi connectivity index (χ1) is 8.90. The molecule has 0 bridgehead atoms. The molecule has 0 amide bonds. The fourth-order valence-corrected chi connectivity index (χ4v) is 1.89. The van der Waals surface area contributed by atoms with Crippen LogP contribution in [0.2, 0.25) is 5.15 Å². The molecule has 19 heavy (non-hydrogen) atoms. The fraction of sp³-hybridized carbons (Fsp3) is 0.308. The Labute approximate surface area is 115 Å². The van der Waals surface area contributed by atoms with Gasteiger partial charge in [0.25, 0.3) is 0 Å². The van der Waals surface area contributed by atoms with E-state index >= 15 is 0 Å². The van der Waals surface area contributed by atoms with E-state index < -0.39 is 5.97 Å². The smallest absolute Gasteiger partial charge is 0.172 e. The van der Waals surface area contributed by atoms with Gasteiger partial charge in [-0.2, -0.15) is 0 Å². The topological polar surface area (TPSA) is 69.2 Å². The van der Waals surface area contributed by atoms with E-state index in [1.807, 2.05) is 25.8 Å². The number of fused-ring (bicyclic) bond motifs is 1. The Kier molecular flexibility index (Phi) is 3.57. The monoisotopic (exact) mass is 278 g/mol. The average molecular weight is 279 g/mol. The summed E-state index contributed by atoms with van der Waals surface area (Å²) < 4.78 is 0. The van der Waals surface area contributed by atoms with Gasteiger partial charge in [0, 0.05) is 13.1 Å². The Bertz CT molecular complexity index is 643. The van der Waals surface area contributed by atoms with E-state index in [1.54, 1.807) is 6.07 Å². The fourth-order valence-electron chi connectivity index (χ4n) is 1.62. The molecule has 0 saturated carbocycles. The van der Waals surface area contributed by atoms with Crippen LogP contribution in [0.3, 0.4) is 0 Å². The lowest BCUT2D eigenvalue weighted by Crippen LogP contribution is -2.27. The molecule has 0 saturated heterocycles. The molecule has 0 fully saturated rings. The van der Waals surface area contributed by atoms with E-state index in [0.717, 1.165) is 0 Å².